The van der Waals surface area contributed by atoms with Gasteiger partial charge < -0.3 is 5.32 Å². The van der Waals surface area contributed by atoms with Crippen LogP contribution in [0.15, 0.2) is 52.6 Å². The first kappa shape index (κ1) is 16.5. The number of fused-ring (bicyclic) bond motifs is 1. The van der Waals surface area contributed by atoms with Gasteiger partial charge in [-0.1, -0.05) is 29.8 Å². The van der Waals surface area contributed by atoms with E-state index >= 15 is 0 Å². The van der Waals surface area contributed by atoms with E-state index in [2.05, 4.69) is 52.7 Å². The number of nitrogens with zero attached hydrogens (tertiary/aromatic N) is 2. The van der Waals surface area contributed by atoms with Gasteiger partial charge in [-0.25, -0.2) is 9.98 Å². The van der Waals surface area contributed by atoms with E-state index in [9.17, 15) is 4.79 Å². The van der Waals surface area contributed by atoms with Gasteiger partial charge in [0.1, 0.15) is 5.70 Å². The fourth-order valence-electron chi connectivity index (χ4n) is 2.89. The molecule has 0 aliphatic carbocycles. The largest absolute Gasteiger partial charge is 0.321 e. The Labute approximate surface area is 155 Å². The van der Waals surface area contributed by atoms with Crippen LogP contribution in [-0.2, 0) is 11.3 Å². The van der Waals surface area contributed by atoms with E-state index in [1.54, 1.807) is 11.3 Å². The molecule has 2 N–H and O–H groups in total. The fourth-order valence-corrected chi connectivity index (χ4v) is 3.61. The number of aliphatic imine (C=N–C) groups is 1. The zero-order valence-electron chi connectivity index (χ0n) is 14.5. The Morgan fingerprint density at radius 3 is 2.88 bits per heavy atom. The molecule has 4 rings (SSSR count). The number of aryl methyl sites for hydroxylation is 2. The predicted octanol–water partition coefficient (Wildman–Crippen LogP) is 3.53. The summed E-state index contributed by atoms with van der Waals surface area (Å²) in [6.07, 6.45) is 1.83. The number of carbonyl (C=O) groups is 1. The molecule has 2 heterocycles. The summed E-state index contributed by atoms with van der Waals surface area (Å²) in [5, 5.41) is 5.85. The Morgan fingerprint density at radius 1 is 1.15 bits per heavy atom. The maximum atomic E-state index is 12.2. The molecule has 1 fully saturated rings. The summed E-state index contributed by atoms with van der Waals surface area (Å²) in [7, 11) is 0. The van der Waals surface area contributed by atoms with Gasteiger partial charge >= 0.3 is 0 Å². The van der Waals surface area contributed by atoms with Crippen molar-refractivity contribution in [3.05, 3.63) is 69.9 Å². The number of benzene rings is 2. The maximum Gasteiger partial charge on any atom is 0.274 e. The highest BCUT2D eigenvalue weighted by molar-refractivity contribution is 7.16. The number of aromatic nitrogens is 1. The van der Waals surface area contributed by atoms with Gasteiger partial charge in [0.05, 0.1) is 22.3 Å². The van der Waals surface area contributed by atoms with Gasteiger partial charge in [-0.15, -0.1) is 11.3 Å². The van der Waals surface area contributed by atoms with Crippen molar-refractivity contribution in [2.45, 2.75) is 20.4 Å². The predicted molar refractivity (Wildman–Crippen MR) is 106 cm³/mol. The van der Waals surface area contributed by atoms with E-state index in [-0.39, 0.29) is 5.91 Å². The molecule has 3 aromatic rings. The van der Waals surface area contributed by atoms with Crippen LogP contribution in [0.5, 0.6) is 0 Å². The van der Waals surface area contributed by atoms with Crippen LogP contribution in [-0.4, -0.2) is 16.9 Å². The van der Waals surface area contributed by atoms with Crippen LogP contribution >= 0.6 is 11.3 Å². The summed E-state index contributed by atoms with van der Waals surface area (Å²) in [5.41, 5.74) is 7.81. The van der Waals surface area contributed by atoms with Gasteiger partial charge in [0, 0.05) is 0 Å². The van der Waals surface area contributed by atoms with Gasteiger partial charge in [0.2, 0.25) is 5.96 Å². The van der Waals surface area contributed by atoms with Gasteiger partial charge in [-0.3, -0.25) is 10.1 Å². The van der Waals surface area contributed by atoms with Crippen LogP contribution in [0.1, 0.15) is 22.3 Å². The summed E-state index contributed by atoms with van der Waals surface area (Å²) in [6, 6.07) is 12.2. The van der Waals surface area contributed by atoms with Crippen molar-refractivity contribution < 1.29 is 4.79 Å². The van der Waals surface area contributed by atoms with Crippen molar-refractivity contribution >= 4 is 39.5 Å². The lowest BCUT2D eigenvalue weighted by Crippen LogP contribution is -2.25. The summed E-state index contributed by atoms with van der Waals surface area (Å²) < 4.78 is 1.10. The Kier molecular flexibility index (Phi) is 4.26. The molecule has 1 aromatic heterocycles. The minimum Gasteiger partial charge on any atom is -0.321 e. The number of nitrogens with one attached hydrogen (secondary N) is 2. The van der Waals surface area contributed by atoms with E-state index in [0.29, 0.717) is 18.2 Å². The molecule has 0 radical (unpaired) electrons. The first-order chi connectivity index (χ1) is 12.6. The van der Waals surface area contributed by atoms with Crippen LogP contribution in [0, 0.1) is 13.8 Å². The van der Waals surface area contributed by atoms with E-state index in [0.717, 1.165) is 21.3 Å². The van der Waals surface area contributed by atoms with Crippen LogP contribution in [0.4, 0.5) is 0 Å². The second-order valence-electron chi connectivity index (χ2n) is 6.31. The summed E-state index contributed by atoms with van der Waals surface area (Å²) in [4.78, 5) is 21.0. The molecule has 0 spiro atoms. The summed E-state index contributed by atoms with van der Waals surface area (Å²) >= 11 is 1.58. The van der Waals surface area contributed by atoms with Crippen molar-refractivity contribution in [2.75, 3.05) is 0 Å². The lowest BCUT2D eigenvalue weighted by Gasteiger charge is -2.04. The third-order valence-corrected chi connectivity index (χ3v) is 5.09. The molecule has 1 amide bonds. The normalized spacial score (nSPS) is 17.1. The Balaban J connectivity index is 1.52. The maximum absolute atomic E-state index is 12.2. The van der Waals surface area contributed by atoms with E-state index in [4.69, 9.17) is 0 Å². The topological polar surface area (TPSA) is 66.4 Å². The average molecular weight is 362 g/mol. The highest BCUT2D eigenvalue weighted by Crippen LogP contribution is 2.20. The number of amides is 1. The van der Waals surface area contributed by atoms with Crippen LogP contribution < -0.4 is 10.6 Å². The second-order valence-corrected chi connectivity index (χ2v) is 7.20. The second kappa shape index (κ2) is 6.72. The lowest BCUT2D eigenvalue weighted by molar-refractivity contribution is -0.115. The molecule has 26 heavy (non-hydrogen) atoms. The zero-order valence-corrected chi connectivity index (χ0v) is 15.4. The quantitative estimate of drug-likeness (QED) is 0.701. The van der Waals surface area contributed by atoms with Crippen molar-refractivity contribution in [2.24, 2.45) is 4.99 Å². The SMILES string of the molecule is Cc1ccc(CN=C2NC(=O)/C(=C/c3ccc4ncsc4c3)N2)c(C)c1. The van der Waals surface area contributed by atoms with Crippen molar-refractivity contribution in [1.82, 2.24) is 15.6 Å². The number of rotatable bonds is 3. The van der Waals surface area contributed by atoms with Gasteiger partial charge in [0.25, 0.3) is 5.91 Å². The molecule has 1 aliphatic heterocycles. The fraction of sp³-hybridized carbons (Fsp3) is 0.150. The molecular formula is C20H18N4OS. The first-order valence-electron chi connectivity index (χ1n) is 8.32. The minimum atomic E-state index is -0.172. The average Bonchev–Trinajstić information content (AvgIpc) is 3.20. The first-order valence-corrected chi connectivity index (χ1v) is 9.20. The monoisotopic (exact) mass is 362 g/mol. The van der Waals surface area contributed by atoms with Crippen molar-refractivity contribution in [3.63, 3.8) is 0 Å². The van der Waals surface area contributed by atoms with Crippen LogP contribution in [0.3, 0.4) is 0 Å². The molecular weight excluding hydrogens is 344 g/mol. The van der Waals surface area contributed by atoms with Gasteiger partial charge in [-0.2, -0.15) is 0 Å². The van der Waals surface area contributed by atoms with Gasteiger partial charge in [0.15, 0.2) is 0 Å². The molecule has 0 unspecified atom stereocenters. The molecule has 2 aromatic carbocycles. The number of thiazole rings is 1. The zero-order chi connectivity index (χ0) is 18.1. The Bertz CT molecular complexity index is 1060. The molecule has 1 aliphatic rings. The van der Waals surface area contributed by atoms with Crippen LogP contribution in [0.2, 0.25) is 0 Å². The summed E-state index contributed by atoms with van der Waals surface area (Å²) in [5.74, 6) is 0.314. The third-order valence-electron chi connectivity index (χ3n) is 4.30. The molecule has 1 saturated heterocycles. The van der Waals surface area contributed by atoms with E-state index in [1.807, 2.05) is 29.8 Å². The molecule has 130 valence electrons. The number of guanidine groups is 1. The molecule has 0 atom stereocenters. The van der Waals surface area contributed by atoms with Gasteiger partial charge in [-0.05, 0) is 48.7 Å². The Morgan fingerprint density at radius 2 is 2.04 bits per heavy atom. The standard InChI is InChI=1S/C20H18N4OS/c1-12-3-5-15(13(2)7-12)10-21-20-23-17(19(25)24-20)8-14-4-6-16-18(9-14)26-11-22-16/h3-9,11H,10H2,1-2H3,(H2,21,23,24,25)/b17-8-. The number of carbonyl (C=O) groups excluding carboxylic acids is 1. The van der Waals surface area contributed by atoms with Crippen LogP contribution in [0.25, 0.3) is 16.3 Å². The lowest BCUT2D eigenvalue weighted by atomic mass is 10.1. The number of hydrogen-bond acceptors (Lipinski definition) is 4. The Hall–Kier alpha value is -2.99. The molecule has 0 saturated carbocycles. The highest BCUT2D eigenvalue weighted by atomic mass is 32.1. The molecule has 5 nitrogen and oxygen atoms in total. The molecule has 0 bridgehead atoms. The van der Waals surface area contributed by atoms with E-state index < -0.39 is 0 Å². The minimum absolute atomic E-state index is 0.172. The summed E-state index contributed by atoms with van der Waals surface area (Å²) in [6.45, 7) is 4.67. The van der Waals surface area contributed by atoms with Crippen molar-refractivity contribution in [1.29, 1.82) is 0 Å². The highest BCUT2D eigenvalue weighted by Gasteiger charge is 2.21. The number of hydrogen-bond donors (Lipinski definition) is 2. The third kappa shape index (κ3) is 3.36. The van der Waals surface area contributed by atoms with Crippen molar-refractivity contribution in [3.8, 4) is 0 Å². The van der Waals surface area contributed by atoms with E-state index in [1.165, 1.54) is 11.1 Å². The molecule has 6 heteroatoms. The smallest absolute Gasteiger partial charge is 0.274 e.